The van der Waals surface area contributed by atoms with Crippen molar-refractivity contribution in [3.63, 3.8) is 0 Å². The zero-order valence-electron chi connectivity index (χ0n) is 11.9. The summed E-state index contributed by atoms with van der Waals surface area (Å²) in [6.45, 7) is 2.41. The topological polar surface area (TPSA) is 113 Å². The van der Waals surface area contributed by atoms with E-state index in [-0.39, 0.29) is 12.1 Å². The first kappa shape index (κ1) is 15.6. The molecule has 0 aliphatic carbocycles. The smallest absolute Gasteiger partial charge is 0.311 e. The summed E-state index contributed by atoms with van der Waals surface area (Å²) in [7, 11) is -4.71. The van der Waals surface area contributed by atoms with E-state index >= 15 is 0 Å². The van der Waals surface area contributed by atoms with E-state index in [2.05, 4.69) is 21.4 Å². The molecular formula is C11H16N4O5S2. The van der Waals surface area contributed by atoms with Gasteiger partial charge in [0, 0.05) is 13.0 Å². The second kappa shape index (κ2) is 5.72. The molecule has 2 amide bonds. The number of rotatable bonds is 5. The van der Waals surface area contributed by atoms with E-state index in [0.717, 1.165) is 27.9 Å². The summed E-state index contributed by atoms with van der Waals surface area (Å²) in [6, 6.07) is -1.17. The number of aryl methyl sites for hydroxylation is 1. The maximum Gasteiger partial charge on any atom is 0.418 e. The van der Waals surface area contributed by atoms with Gasteiger partial charge in [0.15, 0.2) is 0 Å². The van der Waals surface area contributed by atoms with Crippen molar-refractivity contribution in [2.24, 2.45) is 0 Å². The van der Waals surface area contributed by atoms with Crippen LogP contribution in [0.5, 0.6) is 0 Å². The normalized spacial score (nSPS) is 25.1. The molecular weight excluding hydrogens is 332 g/mol. The number of urea groups is 1. The molecule has 11 heteroatoms. The lowest BCUT2D eigenvalue weighted by Crippen LogP contribution is -2.35. The molecule has 9 nitrogen and oxygen atoms in total. The molecule has 22 heavy (non-hydrogen) atoms. The number of nitrogens with zero attached hydrogens (tertiary/aromatic N) is 4. The van der Waals surface area contributed by atoms with Crippen molar-refractivity contribution >= 4 is 27.8 Å². The van der Waals surface area contributed by atoms with Gasteiger partial charge in [-0.15, -0.1) is 14.5 Å². The molecule has 3 rings (SSSR count). The van der Waals surface area contributed by atoms with Crippen LogP contribution < -0.4 is 0 Å². The van der Waals surface area contributed by atoms with Crippen LogP contribution in [0.2, 0.25) is 0 Å². The Balaban J connectivity index is 1.79. The van der Waals surface area contributed by atoms with Crippen LogP contribution in [0.25, 0.3) is 0 Å². The Morgan fingerprint density at radius 1 is 1.41 bits per heavy atom. The standard InChI is InChI=1S/C11H16N4O5S2/c1-2-3-9-12-13-10(21-9)8-5-4-7-6-14(8)11(16)15(7)20-22(17,18)19/h7-8H,2-6H2,1H3,(H,17,18,19)/t7-,8+/m1/s1. The number of piperidine rings is 1. The second-order valence-electron chi connectivity index (χ2n) is 5.29. The number of amides is 2. The van der Waals surface area contributed by atoms with Crippen molar-refractivity contribution in [1.29, 1.82) is 0 Å². The predicted octanol–water partition coefficient (Wildman–Crippen LogP) is 1.17. The van der Waals surface area contributed by atoms with Crippen LogP contribution in [0.3, 0.4) is 0 Å². The van der Waals surface area contributed by atoms with E-state index in [4.69, 9.17) is 4.55 Å². The van der Waals surface area contributed by atoms with Crippen molar-refractivity contribution in [1.82, 2.24) is 20.2 Å². The van der Waals surface area contributed by atoms with Crippen molar-refractivity contribution in [3.8, 4) is 0 Å². The zero-order valence-corrected chi connectivity index (χ0v) is 13.5. The minimum Gasteiger partial charge on any atom is -0.311 e. The number of hydrogen-bond donors (Lipinski definition) is 1. The lowest BCUT2D eigenvalue weighted by molar-refractivity contribution is -0.0317. The monoisotopic (exact) mass is 348 g/mol. The molecule has 0 radical (unpaired) electrons. The second-order valence-corrected chi connectivity index (χ2v) is 7.39. The highest BCUT2D eigenvalue weighted by atomic mass is 32.3. The lowest BCUT2D eigenvalue weighted by Gasteiger charge is -2.28. The van der Waals surface area contributed by atoms with Crippen LogP contribution >= 0.6 is 11.3 Å². The van der Waals surface area contributed by atoms with Crippen LogP contribution in [-0.4, -0.2) is 51.7 Å². The minimum absolute atomic E-state index is 0.221. The molecule has 1 N–H and O–H groups in total. The average Bonchev–Trinajstić information content (AvgIpc) is 2.99. The highest BCUT2D eigenvalue weighted by Crippen LogP contribution is 2.39. The molecule has 2 atom stereocenters. The maximum atomic E-state index is 12.3. The molecule has 2 aliphatic rings. The van der Waals surface area contributed by atoms with E-state index in [1.54, 1.807) is 0 Å². The van der Waals surface area contributed by atoms with Gasteiger partial charge in [-0.1, -0.05) is 18.3 Å². The van der Waals surface area contributed by atoms with E-state index in [0.29, 0.717) is 19.4 Å². The van der Waals surface area contributed by atoms with Crippen molar-refractivity contribution < 1.29 is 22.0 Å². The molecule has 2 fully saturated rings. The minimum atomic E-state index is -4.71. The summed E-state index contributed by atoms with van der Waals surface area (Å²) in [6.07, 6.45) is 3.05. The van der Waals surface area contributed by atoms with Crippen molar-refractivity contribution in [3.05, 3.63) is 10.0 Å². The summed E-state index contributed by atoms with van der Waals surface area (Å²) in [5, 5.41) is 10.7. The fourth-order valence-corrected chi connectivity index (χ4v) is 4.28. The summed E-state index contributed by atoms with van der Waals surface area (Å²) >= 11 is 1.47. The fraction of sp³-hybridized carbons (Fsp3) is 0.727. The highest BCUT2D eigenvalue weighted by Gasteiger charge is 2.48. The van der Waals surface area contributed by atoms with Crippen LogP contribution in [0.1, 0.15) is 42.2 Å². The molecule has 2 saturated heterocycles. The molecule has 2 aliphatic heterocycles. The van der Waals surface area contributed by atoms with Gasteiger partial charge in [0.1, 0.15) is 10.0 Å². The van der Waals surface area contributed by atoms with Gasteiger partial charge in [0.25, 0.3) is 0 Å². The quantitative estimate of drug-likeness (QED) is 0.795. The lowest BCUT2D eigenvalue weighted by atomic mass is 10.0. The van der Waals surface area contributed by atoms with Gasteiger partial charge in [0.05, 0.1) is 12.1 Å². The maximum absolute atomic E-state index is 12.3. The highest BCUT2D eigenvalue weighted by molar-refractivity contribution is 7.80. The predicted molar refractivity (Wildman–Crippen MR) is 76.2 cm³/mol. The number of carbonyl (C=O) groups excluding carboxylic acids is 1. The van der Waals surface area contributed by atoms with Gasteiger partial charge >= 0.3 is 16.4 Å². The first-order chi connectivity index (χ1) is 10.4. The Morgan fingerprint density at radius 2 is 2.18 bits per heavy atom. The van der Waals surface area contributed by atoms with Crippen molar-refractivity contribution in [2.75, 3.05) is 6.54 Å². The van der Waals surface area contributed by atoms with Crippen LogP contribution in [0.4, 0.5) is 4.79 Å². The molecule has 3 heterocycles. The van der Waals surface area contributed by atoms with Crippen molar-refractivity contribution in [2.45, 2.75) is 44.7 Å². The summed E-state index contributed by atoms with van der Waals surface area (Å²) < 4.78 is 34.9. The van der Waals surface area contributed by atoms with Crippen LogP contribution in [-0.2, 0) is 21.1 Å². The first-order valence-corrected chi connectivity index (χ1v) is 9.16. The molecule has 2 bridgehead atoms. The Bertz CT molecular complexity index is 676. The van der Waals surface area contributed by atoms with Crippen LogP contribution in [0.15, 0.2) is 0 Å². The Labute approximate surface area is 131 Å². The third kappa shape index (κ3) is 2.93. The number of fused-ring (bicyclic) bond motifs is 2. The first-order valence-electron chi connectivity index (χ1n) is 6.98. The SMILES string of the molecule is CCCc1nnc([C@@H]2CC[C@@H]3CN2C(=O)N3OS(=O)(=O)O)s1. The molecule has 0 spiro atoms. The zero-order chi connectivity index (χ0) is 15.9. The summed E-state index contributed by atoms with van der Waals surface area (Å²) in [5.41, 5.74) is 0. The van der Waals surface area contributed by atoms with Gasteiger partial charge in [-0.2, -0.15) is 13.5 Å². The largest absolute Gasteiger partial charge is 0.418 e. The number of carbonyl (C=O) groups is 1. The van der Waals surface area contributed by atoms with E-state index in [1.165, 1.54) is 16.2 Å². The Hall–Kier alpha value is -1.30. The molecule has 1 aromatic rings. The molecule has 0 saturated carbocycles. The third-order valence-electron chi connectivity index (χ3n) is 3.73. The van der Waals surface area contributed by atoms with Gasteiger partial charge in [-0.25, -0.2) is 4.79 Å². The molecule has 0 aromatic carbocycles. The van der Waals surface area contributed by atoms with Gasteiger partial charge in [-0.3, -0.25) is 4.55 Å². The van der Waals surface area contributed by atoms with Gasteiger partial charge in [-0.05, 0) is 19.3 Å². The molecule has 0 unspecified atom stereocenters. The number of aromatic nitrogens is 2. The van der Waals surface area contributed by atoms with Gasteiger partial charge < -0.3 is 4.90 Å². The average molecular weight is 348 g/mol. The number of hydroxylamine groups is 2. The fourth-order valence-electron chi connectivity index (χ4n) is 2.80. The van der Waals surface area contributed by atoms with Crippen LogP contribution in [0, 0.1) is 0 Å². The summed E-state index contributed by atoms with van der Waals surface area (Å²) in [4.78, 5) is 13.8. The van der Waals surface area contributed by atoms with E-state index < -0.39 is 16.4 Å². The third-order valence-corrected chi connectivity index (χ3v) is 5.16. The van der Waals surface area contributed by atoms with E-state index in [1.807, 2.05) is 0 Å². The Kier molecular flexibility index (Phi) is 4.05. The van der Waals surface area contributed by atoms with Gasteiger partial charge in [0.2, 0.25) is 0 Å². The summed E-state index contributed by atoms with van der Waals surface area (Å²) in [5.74, 6) is 0. The van der Waals surface area contributed by atoms with E-state index in [9.17, 15) is 13.2 Å². The number of hydrogen-bond acceptors (Lipinski definition) is 7. The molecule has 1 aromatic heterocycles. The molecule has 122 valence electrons. The Morgan fingerprint density at radius 3 is 2.86 bits per heavy atom.